The smallest absolute Gasteiger partial charge is 0.313 e. The van der Waals surface area contributed by atoms with Gasteiger partial charge < -0.3 is 5.11 Å². The van der Waals surface area contributed by atoms with Gasteiger partial charge in [0.15, 0.2) is 0 Å². The predicted octanol–water partition coefficient (Wildman–Crippen LogP) is 3.17. The predicted molar refractivity (Wildman–Crippen MR) is 81.7 cm³/mol. The molecule has 0 saturated heterocycles. The molecule has 0 aliphatic rings. The van der Waals surface area contributed by atoms with Gasteiger partial charge in [0.2, 0.25) is 0 Å². The lowest BCUT2D eigenvalue weighted by Gasteiger charge is -1.87. The average Bonchev–Trinajstić information content (AvgIpc) is 2.39. The molecule has 0 atom stereocenters. The Kier molecular flexibility index (Phi) is 13.4. The molecule has 19 heavy (non-hydrogen) atoms. The molecular weight excluding hydrogens is 256 g/mol. The molecule has 0 saturated carbocycles. The second kappa shape index (κ2) is 14.6. The zero-order chi connectivity index (χ0) is 14.2. The van der Waals surface area contributed by atoms with Crippen LogP contribution in [0.1, 0.15) is 45.4 Å². The second-order valence-electron chi connectivity index (χ2n) is 3.76. The number of hydrogen-bond donors (Lipinski definition) is 1. The molecule has 1 N–H and O–H groups in total. The number of thioether (sulfide) groups is 1. The van der Waals surface area contributed by atoms with E-state index < -0.39 is 5.97 Å². The minimum atomic E-state index is -0.802. The number of carboxylic acid groups (broad SMARTS) is 1. The normalized spacial score (nSPS) is 8.26. The summed E-state index contributed by atoms with van der Waals surface area (Å²) in [6.45, 7) is 2.18. The largest absolute Gasteiger partial charge is 0.481 e. The first-order chi connectivity index (χ1) is 9.27. The van der Waals surface area contributed by atoms with Crippen molar-refractivity contribution in [3.05, 3.63) is 0 Å². The average molecular weight is 276 g/mol. The van der Waals surface area contributed by atoms with E-state index in [0.29, 0.717) is 18.6 Å². The van der Waals surface area contributed by atoms with Crippen LogP contribution in [0, 0.1) is 35.5 Å². The molecule has 0 aromatic rings. The Labute approximate surface area is 120 Å². The first kappa shape index (κ1) is 17.5. The molecule has 0 aliphatic heterocycles. The van der Waals surface area contributed by atoms with Gasteiger partial charge in [-0.3, -0.25) is 4.79 Å². The maximum absolute atomic E-state index is 10.2. The molecule has 0 radical (unpaired) electrons. The van der Waals surface area contributed by atoms with Crippen molar-refractivity contribution in [1.82, 2.24) is 0 Å². The van der Waals surface area contributed by atoms with Crippen LogP contribution >= 0.6 is 11.8 Å². The monoisotopic (exact) mass is 276 g/mol. The van der Waals surface area contributed by atoms with Gasteiger partial charge in [-0.15, -0.1) is 17.7 Å². The van der Waals surface area contributed by atoms with Crippen LogP contribution in [-0.4, -0.2) is 22.6 Å². The number of aliphatic carboxylic acids is 1. The Morgan fingerprint density at radius 3 is 2.26 bits per heavy atom. The topological polar surface area (TPSA) is 37.3 Å². The molecule has 0 aromatic carbocycles. The van der Waals surface area contributed by atoms with Crippen LogP contribution in [-0.2, 0) is 4.79 Å². The highest BCUT2D eigenvalue weighted by Gasteiger charge is 1.92. The molecular formula is C16H20O2S. The van der Waals surface area contributed by atoms with Crippen LogP contribution in [0.2, 0.25) is 0 Å². The summed E-state index contributed by atoms with van der Waals surface area (Å²) in [5.74, 6) is 17.6. The highest BCUT2D eigenvalue weighted by atomic mass is 32.2. The third-order valence-corrected chi connectivity index (χ3v) is 2.83. The van der Waals surface area contributed by atoms with Gasteiger partial charge in [0.25, 0.3) is 0 Å². The molecule has 0 bridgehead atoms. The van der Waals surface area contributed by atoms with E-state index in [2.05, 4.69) is 42.4 Å². The SMILES string of the molecule is CCCCCC#CCC#CCC#CCSCC(=O)O. The molecule has 2 nitrogen and oxygen atoms in total. The molecule has 3 heteroatoms. The molecule has 0 rings (SSSR count). The molecule has 0 unspecified atom stereocenters. The Morgan fingerprint density at radius 2 is 1.63 bits per heavy atom. The second-order valence-corrected chi connectivity index (χ2v) is 4.74. The van der Waals surface area contributed by atoms with E-state index in [0.717, 1.165) is 6.42 Å². The van der Waals surface area contributed by atoms with Gasteiger partial charge in [0, 0.05) is 6.42 Å². The fourth-order valence-electron chi connectivity index (χ4n) is 1.13. The molecule has 0 fully saturated rings. The summed E-state index contributed by atoms with van der Waals surface area (Å²) in [5.41, 5.74) is 0. The third kappa shape index (κ3) is 16.5. The van der Waals surface area contributed by atoms with Gasteiger partial charge in [0.1, 0.15) is 0 Å². The minimum absolute atomic E-state index is 0.105. The maximum Gasteiger partial charge on any atom is 0.313 e. The summed E-state index contributed by atoms with van der Waals surface area (Å²) in [6.07, 6.45) is 5.76. The van der Waals surface area contributed by atoms with Crippen molar-refractivity contribution >= 4 is 17.7 Å². The van der Waals surface area contributed by atoms with E-state index in [9.17, 15) is 4.79 Å². The minimum Gasteiger partial charge on any atom is -0.481 e. The third-order valence-electron chi connectivity index (χ3n) is 2.03. The van der Waals surface area contributed by atoms with Gasteiger partial charge in [-0.25, -0.2) is 0 Å². The zero-order valence-electron chi connectivity index (χ0n) is 11.4. The summed E-state index contributed by atoms with van der Waals surface area (Å²) in [7, 11) is 0. The Morgan fingerprint density at radius 1 is 1.00 bits per heavy atom. The molecule has 0 aromatic heterocycles. The first-order valence-corrected chi connectivity index (χ1v) is 7.59. The number of rotatable bonds is 6. The van der Waals surface area contributed by atoms with Gasteiger partial charge in [-0.2, -0.15) is 0 Å². The van der Waals surface area contributed by atoms with Crippen molar-refractivity contribution in [2.24, 2.45) is 0 Å². The first-order valence-electron chi connectivity index (χ1n) is 6.44. The standard InChI is InChI=1S/C16H20O2S/c1-2-3-4-5-6-7-8-9-10-11-12-13-14-19-15-16(17)18/h2-5,8,11,14-15H2,1H3,(H,17,18). The summed E-state index contributed by atoms with van der Waals surface area (Å²) < 4.78 is 0. The van der Waals surface area contributed by atoms with Crippen molar-refractivity contribution in [3.63, 3.8) is 0 Å². The Hall–Kier alpha value is -1.50. The van der Waals surface area contributed by atoms with Crippen molar-refractivity contribution in [1.29, 1.82) is 0 Å². The number of unbranched alkanes of at least 4 members (excludes halogenated alkanes) is 3. The van der Waals surface area contributed by atoms with Crippen LogP contribution in [0.15, 0.2) is 0 Å². The number of carbonyl (C=O) groups is 1. The maximum atomic E-state index is 10.2. The van der Waals surface area contributed by atoms with E-state index in [1.54, 1.807) is 0 Å². The van der Waals surface area contributed by atoms with Crippen LogP contribution in [0.3, 0.4) is 0 Å². The van der Waals surface area contributed by atoms with Crippen LogP contribution in [0.4, 0.5) is 0 Å². The van der Waals surface area contributed by atoms with Gasteiger partial charge >= 0.3 is 5.97 Å². The van der Waals surface area contributed by atoms with Crippen molar-refractivity contribution in [2.75, 3.05) is 11.5 Å². The summed E-state index contributed by atoms with van der Waals surface area (Å²) in [6, 6.07) is 0. The van der Waals surface area contributed by atoms with Crippen LogP contribution in [0.25, 0.3) is 0 Å². The molecule has 102 valence electrons. The Balaban J connectivity index is 3.49. The number of carboxylic acids is 1. The molecule has 0 amide bonds. The Bertz CT molecular complexity index is 421. The van der Waals surface area contributed by atoms with Gasteiger partial charge in [-0.05, 0) is 6.42 Å². The van der Waals surface area contributed by atoms with E-state index in [-0.39, 0.29) is 5.75 Å². The summed E-state index contributed by atoms with van der Waals surface area (Å²) in [5, 5.41) is 8.40. The van der Waals surface area contributed by atoms with Crippen LogP contribution < -0.4 is 0 Å². The molecule has 0 heterocycles. The van der Waals surface area contributed by atoms with Crippen molar-refractivity contribution < 1.29 is 9.90 Å². The lowest BCUT2D eigenvalue weighted by atomic mass is 10.2. The highest BCUT2D eigenvalue weighted by molar-refractivity contribution is 8.00. The summed E-state index contributed by atoms with van der Waals surface area (Å²) >= 11 is 1.30. The van der Waals surface area contributed by atoms with Crippen molar-refractivity contribution in [2.45, 2.75) is 45.4 Å². The van der Waals surface area contributed by atoms with E-state index in [1.807, 2.05) is 0 Å². The van der Waals surface area contributed by atoms with Crippen molar-refractivity contribution in [3.8, 4) is 35.5 Å². The van der Waals surface area contributed by atoms with Gasteiger partial charge in [0.05, 0.1) is 24.3 Å². The van der Waals surface area contributed by atoms with E-state index in [1.165, 1.54) is 31.0 Å². The molecule has 0 spiro atoms. The van der Waals surface area contributed by atoms with Crippen LogP contribution in [0.5, 0.6) is 0 Å². The fourth-order valence-corrected chi connectivity index (χ4v) is 1.61. The summed E-state index contributed by atoms with van der Waals surface area (Å²) in [4.78, 5) is 10.2. The quantitative estimate of drug-likeness (QED) is 0.598. The fraction of sp³-hybridized carbons (Fsp3) is 0.562. The highest BCUT2D eigenvalue weighted by Crippen LogP contribution is 1.97. The van der Waals surface area contributed by atoms with E-state index in [4.69, 9.17) is 5.11 Å². The van der Waals surface area contributed by atoms with E-state index >= 15 is 0 Å². The zero-order valence-corrected chi connectivity index (χ0v) is 12.2. The molecule has 0 aliphatic carbocycles. The van der Waals surface area contributed by atoms with Gasteiger partial charge in [-0.1, -0.05) is 49.4 Å². The number of hydrogen-bond acceptors (Lipinski definition) is 2. The lowest BCUT2D eigenvalue weighted by molar-refractivity contribution is -0.133. The lowest BCUT2D eigenvalue weighted by Crippen LogP contribution is -1.97.